The van der Waals surface area contributed by atoms with Crippen LogP contribution in [0.25, 0.3) is 0 Å². The summed E-state index contributed by atoms with van der Waals surface area (Å²) in [6.45, 7) is 0.442. The number of ether oxygens (including phenoxy) is 2. The van der Waals surface area contributed by atoms with Gasteiger partial charge in [0.25, 0.3) is 0 Å². The lowest BCUT2D eigenvalue weighted by molar-refractivity contribution is -0.120. The second-order valence-electron chi connectivity index (χ2n) is 5.41. The highest BCUT2D eigenvalue weighted by Gasteiger charge is 2.23. The Labute approximate surface area is 153 Å². The second kappa shape index (κ2) is 8.43. The molecule has 27 heavy (non-hydrogen) atoms. The van der Waals surface area contributed by atoms with Gasteiger partial charge < -0.3 is 19.7 Å². The van der Waals surface area contributed by atoms with Crippen LogP contribution < -0.4 is 19.7 Å². The van der Waals surface area contributed by atoms with Crippen molar-refractivity contribution in [3.05, 3.63) is 47.8 Å². The molecule has 0 aromatic heterocycles. The molecule has 0 radical (unpaired) electrons. The minimum absolute atomic E-state index is 0.260. The van der Waals surface area contributed by atoms with Gasteiger partial charge in [0.2, 0.25) is 11.8 Å². The maximum Gasteiger partial charge on any atom is 0.244 e. The summed E-state index contributed by atoms with van der Waals surface area (Å²) in [7, 11) is 2.84. The Bertz CT molecular complexity index is 874. The molecule has 1 N–H and O–H groups in total. The number of hydrogen-bond donors (Lipinski definition) is 1. The molecule has 0 fully saturated rings. The van der Waals surface area contributed by atoms with E-state index in [1.54, 1.807) is 12.1 Å². The molecule has 0 bridgehead atoms. The molecule has 0 unspecified atom stereocenters. The SMILES string of the molecule is COc1ccc(OC)c(NC(=O)CN(C(C)=O)c2ccc(F)c(F)c2F)c1. The molecule has 2 aromatic carbocycles. The summed E-state index contributed by atoms with van der Waals surface area (Å²) >= 11 is 0. The van der Waals surface area contributed by atoms with Gasteiger partial charge in [0.1, 0.15) is 18.0 Å². The minimum Gasteiger partial charge on any atom is -0.497 e. The van der Waals surface area contributed by atoms with Crippen LogP contribution in [0.3, 0.4) is 0 Å². The van der Waals surface area contributed by atoms with Gasteiger partial charge in [-0.1, -0.05) is 0 Å². The molecule has 9 heteroatoms. The molecule has 0 saturated carbocycles. The molecule has 0 atom stereocenters. The average molecular weight is 382 g/mol. The summed E-state index contributed by atoms with van der Waals surface area (Å²) in [6, 6.07) is 6.23. The third kappa shape index (κ3) is 4.49. The van der Waals surface area contributed by atoms with Crippen LogP contribution in [0.1, 0.15) is 6.92 Å². The first-order valence-electron chi connectivity index (χ1n) is 7.72. The normalized spacial score (nSPS) is 10.3. The van der Waals surface area contributed by atoms with Crippen molar-refractivity contribution in [3.8, 4) is 11.5 Å². The number of halogens is 3. The van der Waals surface area contributed by atoms with Crippen LogP contribution in [0.2, 0.25) is 0 Å². The van der Waals surface area contributed by atoms with E-state index in [4.69, 9.17) is 9.47 Å². The number of methoxy groups -OCH3 is 2. The standard InChI is InChI=1S/C18H17F3N2O4/c1-10(24)23(14-6-5-12(19)17(20)18(14)21)9-16(25)22-13-8-11(26-2)4-7-15(13)27-3/h4-8H,9H2,1-3H3,(H,22,25). The highest BCUT2D eigenvalue weighted by Crippen LogP contribution is 2.29. The van der Waals surface area contributed by atoms with E-state index in [0.29, 0.717) is 22.5 Å². The zero-order valence-corrected chi connectivity index (χ0v) is 14.8. The number of anilines is 2. The monoisotopic (exact) mass is 382 g/mol. The van der Waals surface area contributed by atoms with Crippen LogP contribution >= 0.6 is 0 Å². The molecule has 144 valence electrons. The van der Waals surface area contributed by atoms with Crippen molar-refractivity contribution < 1.29 is 32.2 Å². The molecule has 0 aliphatic carbocycles. The number of nitrogens with one attached hydrogen (secondary N) is 1. The fraction of sp³-hybridized carbons (Fsp3) is 0.222. The van der Waals surface area contributed by atoms with E-state index in [0.717, 1.165) is 13.0 Å². The molecular weight excluding hydrogens is 365 g/mol. The van der Waals surface area contributed by atoms with Crippen LogP contribution in [0, 0.1) is 17.5 Å². The van der Waals surface area contributed by atoms with Gasteiger partial charge in [0.05, 0.1) is 25.6 Å². The fourth-order valence-electron chi connectivity index (χ4n) is 2.34. The lowest BCUT2D eigenvalue weighted by atomic mass is 10.2. The molecule has 6 nitrogen and oxygen atoms in total. The van der Waals surface area contributed by atoms with Crippen LogP contribution in [0.4, 0.5) is 24.5 Å². The van der Waals surface area contributed by atoms with Gasteiger partial charge in [-0.25, -0.2) is 13.2 Å². The van der Waals surface area contributed by atoms with Crippen LogP contribution in [-0.2, 0) is 9.59 Å². The van der Waals surface area contributed by atoms with Crippen molar-refractivity contribution in [3.63, 3.8) is 0 Å². The van der Waals surface area contributed by atoms with Crippen molar-refractivity contribution >= 4 is 23.2 Å². The second-order valence-corrected chi connectivity index (χ2v) is 5.41. The van der Waals surface area contributed by atoms with Crippen molar-refractivity contribution in [1.29, 1.82) is 0 Å². The van der Waals surface area contributed by atoms with E-state index in [9.17, 15) is 22.8 Å². The van der Waals surface area contributed by atoms with E-state index in [2.05, 4.69) is 5.32 Å². The summed E-state index contributed by atoms with van der Waals surface area (Å²) in [5.74, 6) is -5.34. The first-order chi connectivity index (χ1) is 12.8. The summed E-state index contributed by atoms with van der Waals surface area (Å²) in [5, 5.41) is 2.51. The first-order valence-corrected chi connectivity index (χ1v) is 7.72. The third-order valence-corrected chi connectivity index (χ3v) is 3.67. The molecule has 0 heterocycles. The van der Waals surface area contributed by atoms with Gasteiger partial charge in [-0.2, -0.15) is 0 Å². The van der Waals surface area contributed by atoms with Crippen LogP contribution in [0.5, 0.6) is 11.5 Å². The minimum atomic E-state index is -1.73. The predicted octanol–water partition coefficient (Wildman–Crippen LogP) is 3.11. The maximum absolute atomic E-state index is 14.0. The quantitative estimate of drug-likeness (QED) is 0.780. The van der Waals surface area contributed by atoms with Gasteiger partial charge in [-0.05, 0) is 24.3 Å². The summed E-state index contributed by atoms with van der Waals surface area (Å²) in [4.78, 5) is 24.9. The first kappa shape index (κ1) is 20.1. The number of hydrogen-bond acceptors (Lipinski definition) is 4. The Morgan fingerprint density at radius 1 is 1.04 bits per heavy atom. The third-order valence-electron chi connectivity index (χ3n) is 3.67. The number of nitrogens with zero attached hydrogens (tertiary/aromatic N) is 1. The van der Waals surface area contributed by atoms with Gasteiger partial charge >= 0.3 is 0 Å². The largest absolute Gasteiger partial charge is 0.497 e. The number of carbonyl (C=O) groups excluding carboxylic acids is 2. The summed E-state index contributed by atoms with van der Waals surface area (Å²) < 4.78 is 50.8. The molecule has 0 saturated heterocycles. The zero-order chi connectivity index (χ0) is 20.1. The lowest BCUT2D eigenvalue weighted by Crippen LogP contribution is -2.37. The molecule has 0 aliphatic heterocycles. The highest BCUT2D eigenvalue weighted by molar-refractivity contribution is 6.02. The predicted molar refractivity (Wildman–Crippen MR) is 92.5 cm³/mol. The number of benzene rings is 2. The van der Waals surface area contributed by atoms with E-state index in [1.807, 2.05) is 0 Å². The van der Waals surface area contributed by atoms with Gasteiger partial charge in [-0.3, -0.25) is 9.59 Å². The maximum atomic E-state index is 14.0. The van der Waals surface area contributed by atoms with E-state index >= 15 is 0 Å². The van der Waals surface area contributed by atoms with Gasteiger partial charge in [0, 0.05) is 13.0 Å². The zero-order valence-electron chi connectivity index (χ0n) is 14.8. The number of amides is 2. The molecule has 2 aromatic rings. The topological polar surface area (TPSA) is 67.9 Å². The lowest BCUT2D eigenvalue weighted by Gasteiger charge is -2.22. The molecule has 2 amide bonds. The van der Waals surface area contributed by atoms with E-state index in [1.165, 1.54) is 20.3 Å². The Hall–Kier alpha value is -3.23. The van der Waals surface area contributed by atoms with Crippen molar-refractivity contribution in [2.45, 2.75) is 6.92 Å². The van der Waals surface area contributed by atoms with E-state index in [-0.39, 0.29) is 5.69 Å². The highest BCUT2D eigenvalue weighted by atomic mass is 19.2. The smallest absolute Gasteiger partial charge is 0.244 e. The Morgan fingerprint density at radius 3 is 2.33 bits per heavy atom. The number of carbonyl (C=O) groups is 2. The molecular formula is C18H17F3N2O4. The fourth-order valence-corrected chi connectivity index (χ4v) is 2.34. The Kier molecular flexibility index (Phi) is 6.27. The Balaban J connectivity index is 2.27. The van der Waals surface area contributed by atoms with Crippen molar-refractivity contribution in [1.82, 2.24) is 0 Å². The van der Waals surface area contributed by atoms with Gasteiger partial charge in [0.15, 0.2) is 17.5 Å². The van der Waals surface area contributed by atoms with E-state index < -0.39 is 41.5 Å². The summed E-state index contributed by atoms with van der Waals surface area (Å²) in [6.07, 6.45) is 0. The Morgan fingerprint density at radius 2 is 1.74 bits per heavy atom. The van der Waals surface area contributed by atoms with Crippen LogP contribution in [-0.4, -0.2) is 32.6 Å². The summed E-state index contributed by atoms with van der Waals surface area (Å²) in [5.41, 5.74) is -0.287. The number of rotatable bonds is 6. The van der Waals surface area contributed by atoms with Crippen molar-refractivity contribution in [2.24, 2.45) is 0 Å². The van der Waals surface area contributed by atoms with Crippen molar-refractivity contribution in [2.75, 3.05) is 31.0 Å². The van der Waals surface area contributed by atoms with Crippen LogP contribution in [0.15, 0.2) is 30.3 Å². The molecule has 2 rings (SSSR count). The molecule has 0 aliphatic rings. The average Bonchev–Trinajstić information content (AvgIpc) is 2.64. The molecule has 0 spiro atoms. The van der Waals surface area contributed by atoms with Gasteiger partial charge in [-0.15, -0.1) is 0 Å².